The highest BCUT2D eigenvalue weighted by Gasteiger charge is 2.42. The Bertz CT molecular complexity index is 1410. The van der Waals surface area contributed by atoms with E-state index in [-0.39, 0.29) is 29.6 Å². The molecule has 0 atom stereocenters. The first-order chi connectivity index (χ1) is 20.1. The van der Waals surface area contributed by atoms with Gasteiger partial charge in [-0.2, -0.15) is 13.2 Å². The van der Waals surface area contributed by atoms with Crippen LogP contribution in [0.15, 0.2) is 59.0 Å². The molecule has 5 rings (SSSR count). The monoisotopic (exact) mass is 584 g/mol. The number of nitrogens with one attached hydrogen (secondary N) is 1. The van der Waals surface area contributed by atoms with Crippen molar-refractivity contribution in [2.45, 2.75) is 31.9 Å². The van der Waals surface area contributed by atoms with Gasteiger partial charge in [0.15, 0.2) is 5.69 Å². The lowest BCUT2D eigenvalue weighted by molar-refractivity contribution is -0.153. The number of alkyl halides is 3. The number of oxazole rings is 1. The predicted molar refractivity (Wildman–Crippen MR) is 148 cm³/mol. The van der Waals surface area contributed by atoms with E-state index in [1.54, 1.807) is 54.6 Å². The second-order valence-corrected chi connectivity index (χ2v) is 10.4. The SMILES string of the molecule is COC(=O)C1CCC(C(=O)N2CCN(c3ccc(NC(=O)c4nc(-c5ccccc5)oc4C(F)(F)F)cc3)CC2)CC1. The van der Waals surface area contributed by atoms with E-state index in [4.69, 9.17) is 9.15 Å². The second kappa shape index (κ2) is 12.3. The van der Waals surface area contributed by atoms with E-state index in [2.05, 4.69) is 15.2 Å². The topological polar surface area (TPSA) is 105 Å². The van der Waals surface area contributed by atoms with Crippen LogP contribution in [0.2, 0.25) is 0 Å². The van der Waals surface area contributed by atoms with Crippen molar-refractivity contribution >= 4 is 29.2 Å². The lowest BCUT2D eigenvalue weighted by atomic mass is 9.81. The third-order valence-electron chi connectivity index (χ3n) is 7.81. The molecule has 222 valence electrons. The Hall–Kier alpha value is -4.35. The molecule has 0 spiro atoms. The Balaban J connectivity index is 1.17. The minimum Gasteiger partial charge on any atom is -0.469 e. The van der Waals surface area contributed by atoms with E-state index in [0.717, 1.165) is 5.69 Å². The number of anilines is 2. The number of amides is 2. The first-order valence-electron chi connectivity index (χ1n) is 13.8. The molecule has 2 aromatic carbocycles. The number of ether oxygens (including phenoxy) is 1. The second-order valence-electron chi connectivity index (χ2n) is 10.4. The summed E-state index contributed by atoms with van der Waals surface area (Å²) in [6, 6.07) is 14.8. The summed E-state index contributed by atoms with van der Waals surface area (Å²) in [6.45, 7) is 2.35. The van der Waals surface area contributed by atoms with Crippen molar-refractivity contribution in [2.75, 3.05) is 43.5 Å². The molecule has 2 fully saturated rings. The van der Waals surface area contributed by atoms with Gasteiger partial charge in [0.05, 0.1) is 13.0 Å². The Kier molecular flexibility index (Phi) is 8.51. The number of carbonyl (C=O) groups is 3. The zero-order valence-corrected chi connectivity index (χ0v) is 23.0. The van der Waals surface area contributed by atoms with Gasteiger partial charge in [-0.25, -0.2) is 4.98 Å². The number of hydrogen-bond acceptors (Lipinski definition) is 7. The van der Waals surface area contributed by atoms with Crippen molar-refractivity contribution in [2.24, 2.45) is 11.8 Å². The van der Waals surface area contributed by atoms with Gasteiger partial charge in [0.2, 0.25) is 17.6 Å². The Morgan fingerprint density at radius 2 is 1.52 bits per heavy atom. The molecule has 1 aliphatic carbocycles. The quantitative estimate of drug-likeness (QED) is 0.395. The van der Waals surface area contributed by atoms with Crippen LogP contribution in [0.3, 0.4) is 0 Å². The smallest absolute Gasteiger partial charge is 0.452 e. The lowest BCUT2D eigenvalue weighted by Crippen LogP contribution is -2.50. The van der Waals surface area contributed by atoms with Gasteiger partial charge in [0, 0.05) is 49.0 Å². The number of methoxy groups -OCH3 is 1. The fourth-order valence-corrected chi connectivity index (χ4v) is 5.50. The molecule has 9 nitrogen and oxygen atoms in total. The maximum atomic E-state index is 13.6. The molecule has 3 aromatic rings. The number of carbonyl (C=O) groups excluding carboxylic acids is 3. The highest BCUT2D eigenvalue weighted by atomic mass is 19.4. The van der Waals surface area contributed by atoms with Gasteiger partial charge in [-0.1, -0.05) is 18.2 Å². The molecule has 0 radical (unpaired) electrons. The fourth-order valence-electron chi connectivity index (χ4n) is 5.50. The number of piperazine rings is 1. The van der Waals surface area contributed by atoms with Crippen molar-refractivity contribution in [3.05, 3.63) is 66.1 Å². The Labute approximate surface area is 240 Å². The molecule has 0 unspecified atom stereocenters. The van der Waals surface area contributed by atoms with Crippen LogP contribution in [0.25, 0.3) is 11.5 Å². The minimum absolute atomic E-state index is 0.0771. The minimum atomic E-state index is -4.90. The molecule has 12 heteroatoms. The molecule has 1 saturated heterocycles. The largest absolute Gasteiger partial charge is 0.469 e. The molecule has 42 heavy (non-hydrogen) atoms. The zero-order chi connectivity index (χ0) is 29.9. The summed E-state index contributed by atoms with van der Waals surface area (Å²) in [5, 5.41) is 2.48. The van der Waals surface area contributed by atoms with E-state index in [9.17, 15) is 27.6 Å². The van der Waals surface area contributed by atoms with Gasteiger partial charge >= 0.3 is 12.1 Å². The van der Waals surface area contributed by atoms with Crippen LogP contribution in [-0.2, 0) is 20.5 Å². The fraction of sp³-hybridized carbons (Fsp3) is 0.400. The standard InChI is InChI=1S/C30H31F3N4O5/c1-41-29(40)21-9-7-20(8-10-21)28(39)37-17-15-36(16-18-37)23-13-11-22(12-14-23)34-26(38)24-25(30(31,32)33)42-27(35-24)19-5-3-2-4-6-19/h2-6,11-14,20-21H,7-10,15-18H2,1H3,(H,34,38). The zero-order valence-electron chi connectivity index (χ0n) is 23.0. The van der Waals surface area contributed by atoms with Gasteiger partial charge in [-0.3, -0.25) is 14.4 Å². The number of aromatic nitrogens is 1. The van der Waals surface area contributed by atoms with Crippen LogP contribution in [0, 0.1) is 11.8 Å². The average Bonchev–Trinajstić information content (AvgIpc) is 3.48. The molecule has 1 aliphatic heterocycles. The average molecular weight is 585 g/mol. The third kappa shape index (κ3) is 6.42. The molecule has 2 heterocycles. The lowest BCUT2D eigenvalue weighted by Gasteiger charge is -2.38. The van der Waals surface area contributed by atoms with Crippen LogP contribution in [0.5, 0.6) is 0 Å². The third-order valence-corrected chi connectivity index (χ3v) is 7.81. The summed E-state index contributed by atoms with van der Waals surface area (Å²) < 4.78 is 50.6. The molecular weight excluding hydrogens is 553 g/mol. The van der Waals surface area contributed by atoms with Crippen molar-refractivity contribution in [1.82, 2.24) is 9.88 Å². The van der Waals surface area contributed by atoms with Crippen LogP contribution in [0.1, 0.15) is 41.9 Å². The van der Waals surface area contributed by atoms with E-state index in [1.165, 1.54) is 7.11 Å². The number of halogens is 3. The molecule has 1 aromatic heterocycles. The first-order valence-corrected chi connectivity index (χ1v) is 13.8. The van der Waals surface area contributed by atoms with Crippen LogP contribution >= 0.6 is 0 Å². The first kappa shape index (κ1) is 29.2. The summed E-state index contributed by atoms with van der Waals surface area (Å²) in [5.74, 6) is -3.08. The molecule has 2 amide bonds. The Morgan fingerprint density at radius 1 is 0.905 bits per heavy atom. The van der Waals surface area contributed by atoms with E-state index < -0.39 is 23.5 Å². The van der Waals surface area contributed by atoms with Crippen LogP contribution in [0.4, 0.5) is 24.5 Å². The van der Waals surface area contributed by atoms with Gasteiger partial charge < -0.3 is 24.3 Å². The number of esters is 1. The van der Waals surface area contributed by atoms with Gasteiger partial charge in [-0.15, -0.1) is 0 Å². The van der Waals surface area contributed by atoms with E-state index in [0.29, 0.717) is 63.1 Å². The highest BCUT2D eigenvalue weighted by molar-refractivity contribution is 6.04. The van der Waals surface area contributed by atoms with Gasteiger partial charge in [0.25, 0.3) is 5.91 Å². The maximum absolute atomic E-state index is 13.6. The number of nitrogens with zero attached hydrogens (tertiary/aromatic N) is 3. The summed E-state index contributed by atoms with van der Waals surface area (Å²) in [5.41, 5.74) is 0.643. The number of rotatable bonds is 6. The number of hydrogen-bond donors (Lipinski definition) is 1. The number of benzene rings is 2. The predicted octanol–water partition coefficient (Wildman–Crippen LogP) is 5.24. The summed E-state index contributed by atoms with van der Waals surface area (Å²) in [6.07, 6.45) is -2.22. The van der Waals surface area contributed by atoms with Crippen molar-refractivity contribution in [3.63, 3.8) is 0 Å². The summed E-state index contributed by atoms with van der Waals surface area (Å²) in [4.78, 5) is 45.4. The van der Waals surface area contributed by atoms with Crippen molar-refractivity contribution < 1.29 is 36.7 Å². The Morgan fingerprint density at radius 3 is 2.12 bits per heavy atom. The molecule has 1 N–H and O–H groups in total. The van der Waals surface area contributed by atoms with Crippen molar-refractivity contribution in [1.29, 1.82) is 0 Å². The van der Waals surface area contributed by atoms with Gasteiger partial charge in [0.1, 0.15) is 0 Å². The van der Waals surface area contributed by atoms with E-state index in [1.807, 2.05) is 4.90 Å². The normalized spacial score (nSPS) is 19.3. The molecular formula is C30H31F3N4O5. The molecule has 2 aliphatic rings. The van der Waals surface area contributed by atoms with Crippen LogP contribution < -0.4 is 10.2 Å². The van der Waals surface area contributed by atoms with Crippen molar-refractivity contribution in [3.8, 4) is 11.5 Å². The molecule has 0 bridgehead atoms. The summed E-state index contributed by atoms with van der Waals surface area (Å²) >= 11 is 0. The summed E-state index contributed by atoms with van der Waals surface area (Å²) in [7, 11) is 1.38. The van der Waals surface area contributed by atoms with Crippen LogP contribution in [-0.4, -0.2) is 61.0 Å². The maximum Gasteiger partial charge on any atom is 0.452 e. The highest BCUT2D eigenvalue weighted by Crippen LogP contribution is 2.36. The van der Waals surface area contributed by atoms with Gasteiger partial charge in [-0.05, 0) is 62.1 Å². The molecule has 1 saturated carbocycles. The van der Waals surface area contributed by atoms with E-state index >= 15 is 0 Å².